The molecule has 1 aliphatic carbocycles. The van der Waals surface area contributed by atoms with Crippen molar-refractivity contribution in [3.05, 3.63) is 84.2 Å². The lowest BCUT2D eigenvalue weighted by atomic mass is 9.92. The van der Waals surface area contributed by atoms with Gasteiger partial charge in [-0.3, -0.25) is 4.40 Å². The van der Waals surface area contributed by atoms with Gasteiger partial charge in [-0.2, -0.15) is 0 Å². The third kappa shape index (κ3) is 2.58. The van der Waals surface area contributed by atoms with Crippen LogP contribution in [0.15, 0.2) is 67.1 Å². The summed E-state index contributed by atoms with van der Waals surface area (Å²) >= 11 is 0. The summed E-state index contributed by atoms with van der Waals surface area (Å²) < 4.78 is 20.6. The van der Waals surface area contributed by atoms with Crippen molar-refractivity contribution >= 4 is 5.78 Å². The van der Waals surface area contributed by atoms with Crippen LogP contribution < -0.4 is 4.74 Å². The number of ether oxygens (including phenoxy) is 1. The second-order valence-electron chi connectivity index (χ2n) is 6.97. The average molecular weight is 359 g/mol. The van der Waals surface area contributed by atoms with Crippen LogP contribution in [0.25, 0.3) is 16.9 Å². The van der Waals surface area contributed by atoms with Crippen molar-refractivity contribution in [2.45, 2.75) is 18.3 Å². The van der Waals surface area contributed by atoms with Gasteiger partial charge in [0.15, 0.2) is 0 Å². The lowest BCUT2D eigenvalue weighted by molar-refractivity contribution is 0.414. The Balaban J connectivity index is 1.60. The maximum atomic E-state index is 13.2. The minimum Gasteiger partial charge on any atom is -0.497 e. The molecule has 0 bridgehead atoms. The first-order chi connectivity index (χ1) is 13.2. The van der Waals surface area contributed by atoms with Crippen LogP contribution in [0, 0.1) is 5.82 Å². The standard InChI is InChI=1S/C22H18FN3O/c1-27-19-8-4-17(5-9-19)22(10-11-22)20-13-25-21-24-12-16(14-26(20)21)15-2-6-18(23)7-3-15/h2-9,12-14H,10-11H2,1H3. The summed E-state index contributed by atoms with van der Waals surface area (Å²) in [7, 11) is 1.68. The maximum absolute atomic E-state index is 13.2. The van der Waals surface area contributed by atoms with Crippen LogP contribution in [0.2, 0.25) is 0 Å². The summed E-state index contributed by atoms with van der Waals surface area (Å²) in [6, 6.07) is 14.7. The van der Waals surface area contributed by atoms with Crippen molar-refractivity contribution in [1.29, 1.82) is 0 Å². The normalized spacial score (nSPS) is 15.0. The van der Waals surface area contributed by atoms with Gasteiger partial charge < -0.3 is 4.74 Å². The minimum atomic E-state index is -0.243. The van der Waals surface area contributed by atoms with Crippen LogP contribution in [-0.2, 0) is 5.41 Å². The highest BCUT2D eigenvalue weighted by Crippen LogP contribution is 2.53. The van der Waals surface area contributed by atoms with Crippen LogP contribution >= 0.6 is 0 Å². The van der Waals surface area contributed by atoms with Crippen LogP contribution in [0.4, 0.5) is 4.39 Å². The highest BCUT2D eigenvalue weighted by atomic mass is 19.1. The highest BCUT2D eigenvalue weighted by molar-refractivity contribution is 5.63. The van der Waals surface area contributed by atoms with E-state index < -0.39 is 0 Å². The number of aromatic nitrogens is 3. The molecule has 5 rings (SSSR count). The summed E-state index contributed by atoms with van der Waals surface area (Å²) in [6.45, 7) is 0. The number of hydrogen-bond acceptors (Lipinski definition) is 3. The van der Waals surface area contributed by atoms with Crippen molar-refractivity contribution in [1.82, 2.24) is 14.4 Å². The van der Waals surface area contributed by atoms with Crippen molar-refractivity contribution in [2.24, 2.45) is 0 Å². The minimum absolute atomic E-state index is 0.0329. The first-order valence-corrected chi connectivity index (χ1v) is 8.94. The highest BCUT2D eigenvalue weighted by Gasteiger charge is 2.48. The number of halogens is 1. The van der Waals surface area contributed by atoms with E-state index in [2.05, 4.69) is 26.5 Å². The Morgan fingerprint density at radius 3 is 2.30 bits per heavy atom. The van der Waals surface area contributed by atoms with E-state index in [-0.39, 0.29) is 11.2 Å². The molecule has 2 heterocycles. The smallest absolute Gasteiger partial charge is 0.233 e. The quantitative estimate of drug-likeness (QED) is 0.534. The van der Waals surface area contributed by atoms with Crippen molar-refractivity contribution in [3.63, 3.8) is 0 Å². The Morgan fingerprint density at radius 1 is 0.926 bits per heavy atom. The molecule has 0 amide bonds. The van der Waals surface area contributed by atoms with Crippen LogP contribution in [-0.4, -0.2) is 21.5 Å². The Kier molecular flexibility index (Phi) is 3.50. The molecule has 134 valence electrons. The number of methoxy groups -OCH3 is 1. The summed E-state index contributed by atoms with van der Waals surface area (Å²) in [6.07, 6.45) is 7.91. The molecule has 4 aromatic rings. The summed E-state index contributed by atoms with van der Waals surface area (Å²) in [5.41, 5.74) is 4.23. The second-order valence-corrected chi connectivity index (χ2v) is 6.97. The van der Waals surface area contributed by atoms with Crippen LogP contribution in [0.5, 0.6) is 5.75 Å². The van der Waals surface area contributed by atoms with Gasteiger partial charge in [-0.25, -0.2) is 14.4 Å². The molecule has 0 radical (unpaired) electrons. The van der Waals surface area contributed by atoms with Gasteiger partial charge in [-0.15, -0.1) is 0 Å². The van der Waals surface area contributed by atoms with E-state index in [1.54, 1.807) is 25.4 Å². The molecule has 0 atom stereocenters. The number of benzene rings is 2. The van der Waals surface area contributed by atoms with Crippen molar-refractivity contribution < 1.29 is 9.13 Å². The number of hydrogen-bond donors (Lipinski definition) is 0. The molecule has 1 aliphatic rings. The fourth-order valence-corrected chi connectivity index (χ4v) is 3.75. The topological polar surface area (TPSA) is 39.4 Å². The van der Waals surface area contributed by atoms with E-state index >= 15 is 0 Å². The van der Waals surface area contributed by atoms with Crippen LogP contribution in [0.3, 0.4) is 0 Å². The van der Waals surface area contributed by atoms with E-state index in [0.717, 1.165) is 35.4 Å². The zero-order valence-corrected chi connectivity index (χ0v) is 14.9. The maximum Gasteiger partial charge on any atom is 0.233 e. The van der Waals surface area contributed by atoms with Gasteiger partial charge in [0.05, 0.1) is 19.0 Å². The van der Waals surface area contributed by atoms with Crippen molar-refractivity contribution in [2.75, 3.05) is 7.11 Å². The number of fused-ring (bicyclic) bond motifs is 1. The zero-order chi connectivity index (χ0) is 18.4. The molecule has 0 unspecified atom stereocenters. The molecule has 1 saturated carbocycles. The van der Waals surface area contributed by atoms with Gasteiger partial charge in [0.1, 0.15) is 11.6 Å². The van der Waals surface area contributed by atoms with E-state index in [1.807, 2.05) is 24.5 Å². The molecule has 5 heteroatoms. The van der Waals surface area contributed by atoms with E-state index in [0.29, 0.717) is 5.78 Å². The lowest BCUT2D eigenvalue weighted by Crippen LogP contribution is -2.12. The van der Waals surface area contributed by atoms with Crippen molar-refractivity contribution in [3.8, 4) is 16.9 Å². The van der Waals surface area contributed by atoms with E-state index in [1.165, 1.54) is 17.7 Å². The fourth-order valence-electron chi connectivity index (χ4n) is 3.75. The Morgan fingerprint density at radius 2 is 1.63 bits per heavy atom. The van der Waals surface area contributed by atoms with Gasteiger partial charge >= 0.3 is 0 Å². The molecule has 4 nitrogen and oxygen atoms in total. The molecule has 2 aromatic heterocycles. The van der Waals surface area contributed by atoms with E-state index in [4.69, 9.17) is 4.74 Å². The number of imidazole rings is 1. The number of rotatable bonds is 4. The number of nitrogens with zero attached hydrogens (tertiary/aromatic N) is 3. The zero-order valence-electron chi connectivity index (χ0n) is 14.9. The molecule has 2 aromatic carbocycles. The lowest BCUT2D eigenvalue weighted by Gasteiger charge is -2.16. The van der Waals surface area contributed by atoms with Gasteiger partial charge in [-0.1, -0.05) is 24.3 Å². The summed E-state index contributed by atoms with van der Waals surface area (Å²) in [4.78, 5) is 9.00. The molecule has 0 aliphatic heterocycles. The molecular formula is C22H18FN3O. The molecule has 1 fully saturated rings. The molecular weight excluding hydrogens is 341 g/mol. The Hall–Kier alpha value is -3.21. The molecule has 0 N–H and O–H groups in total. The van der Waals surface area contributed by atoms with Gasteiger partial charge in [-0.05, 0) is 48.2 Å². The van der Waals surface area contributed by atoms with Gasteiger partial charge in [0, 0.05) is 23.4 Å². The first-order valence-electron chi connectivity index (χ1n) is 8.94. The Bertz CT molecular complexity index is 1110. The summed E-state index contributed by atoms with van der Waals surface area (Å²) in [5, 5.41) is 0. The second kappa shape index (κ2) is 5.91. The summed E-state index contributed by atoms with van der Waals surface area (Å²) in [5.74, 6) is 1.29. The first kappa shape index (κ1) is 16.0. The molecule has 27 heavy (non-hydrogen) atoms. The predicted octanol–water partition coefficient (Wildman–Crippen LogP) is 4.62. The largest absolute Gasteiger partial charge is 0.497 e. The van der Waals surface area contributed by atoms with Gasteiger partial charge in [0.2, 0.25) is 5.78 Å². The third-order valence-electron chi connectivity index (χ3n) is 5.43. The molecule has 0 saturated heterocycles. The monoisotopic (exact) mass is 359 g/mol. The SMILES string of the molecule is COc1ccc(C2(c3cnc4ncc(-c5ccc(F)cc5)cn34)CC2)cc1. The molecule has 0 spiro atoms. The van der Waals surface area contributed by atoms with E-state index in [9.17, 15) is 4.39 Å². The average Bonchev–Trinajstić information content (AvgIpc) is 3.41. The third-order valence-corrected chi connectivity index (χ3v) is 5.43. The van der Waals surface area contributed by atoms with Crippen LogP contribution in [0.1, 0.15) is 24.1 Å². The Labute approximate surface area is 156 Å². The fraction of sp³-hybridized carbons (Fsp3) is 0.182. The van der Waals surface area contributed by atoms with Gasteiger partial charge in [0.25, 0.3) is 0 Å². The predicted molar refractivity (Wildman–Crippen MR) is 101 cm³/mol.